The van der Waals surface area contributed by atoms with Crippen LogP contribution in [0.15, 0.2) is 24.5 Å². The first kappa shape index (κ1) is 11.3. The van der Waals surface area contributed by atoms with Gasteiger partial charge < -0.3 is 4.90 Å². The van der Waals surface area contributed by atoms with Gasteiger partial charge in [0.25, 0.3) is 5.91 Å². The Morgan fingerprint density at radius 3 is 2.71 bits per heavy atom. The normalized spacial score (nSPS) is 10.3. The number of aromatic nitrogens is 3. The highest BCUT2D eigenvalue weighted by Gasteiger charge is 2.20. The van der Waals surface area contributed by atoms with Crippen LogP contribution >= 0.6 is 0 Å². The highest BCUT2D eigenvalue weighted by atomic mass is 16.2. The monoisotopic (exact) mass is 230 g/mol. The second-order valence-electron chi connectivity index (χ2n) is 3.88. The number of rotatable bonds is 2. The highest BCUT2D eigenvalue weighted by molar-refractivity contribution is 6.07. The zero-order valence-corrected chi connectivity index (χ0v) is 10.1. The first-order valence-electron chi connectivity index (χ1n) is 5.31. The molecule has 0 saturated heterocycles. The van der Waals surface area contributed by atoms with E-state index in [0.717, 1.165) is 11.4 Å². The molecule has 2 aromatic rings. The van der Waals surface area contributed by atoms with E-state index in [1.807, 2.05) is 19.9 Å². The predicted molar refractivity (Wildman–Crippen MR) is 65.0 cm³/mol. The van der Waals surface area contributed by atoms with Gasteiger partial charge >= 0.3 is 0 Å². The molecule has 2 aromatic heterocycles. The minimum absolute atomic E-state index is 0.0817. The van der Waals surface area contributed by atoms with Crippen molar-refractivity contribution in [3.63, 3.8) is 0 Å². The molecule has 0 spiro atoms. The summed E-state index contributed by atoms with van der Waals surface area (Å²) < 4.78 is 0. The Hall–Kier alpha value is -2.17. The Bertz CT molecular complexity index is 513. The number of carbonyl (C=O) groups is 1. The summed E-state index contributed by atoms with van der Waals surface area (Å²) in [4.78, 5) is 17.9. The summed E-state index contributed by atoms with van der Waals surface area (Å²) in [6.45, 7) is 3.65. The Morgan fingerprint density at radius 1 is 1.41 bits per heavy atom. The number of hydrogen-bond acceptors (Lipinski definition) is 3. The minimum atomic E-state index is -0.0817. The average Bonchev–Trinajstić information content (AvgIpc) is 2.68. The van der Waals surface area contributed by atoms with Gasteiger partial charge in [0, 0.05) is 18.9 Å². The lowest BCUT2D eigenvalue weighted by molar-refractivity contribution is 0.0992. The lowest BCUT2D eigenvalue weighted by Gasteiger charge is -2.16. The van der Waals surface area contributed by atoms with Crippen LogP contribution in [0.4, 0.5) is 5.69 Å². The molecule has 1 amide bonds. The number of pyridine rings is 1. The third-order valence-electron chi connectivity index (χ3n) is 2.68. The van der Waals surface area contributed by atoms with Crippen molar-refractivity contribution in [2.24, 2.45) is 0 Å². The van der Waals surface area contributed by atoms with E-state index in [2.05, 4.69) is 15.2 Å². The third kappa shape index (κ3) is 2.04. The van der Waals surface area contributed by atoms with Crippen LogP contribution in [0.1, 0.15) is 21.7 Å². The molecule has 0 fully saturated rings. The second-order valence-corrected chi connectivity index (χ2v) is 3.88. The van der Waals surface area contributed by atoms with Gasteiger partial charge in [0.15, 0.2) is 0 Å². The summed E-state index contributed by atoms with van der Waals surface area (Å²) >= 11 is 0. The fourth-order valence-electron chi connectivity index (χ4n) is 1.70. The van der Waals surface area contributed by atoms with Crippen molar-refractivity contribution in [3.05, 3.63) is 41.5 Å². The van der Waals surface area contributed by atoms with Crippen LogP contribution in [0, 0.1) is 13.8 Å². The molecule has 2 heterocycles. The van der Waals surface area contributed by atoms with Crippen molar-refractivity contribution >= 4 is 11.6 Å². The van der Waals surface area contributed by atoms with E-state index in [-0.39, 0.29) is 5.91 Å². The van der Waals surface area contributed by atoms with Gasteiger partial charge in [-0.25, -0.2) is 0 Å². The lowest BCUT2D eigenvalue weighted by Crippen LogP contribution is -2.27. The summed E-state index contributed by atoms with van der Waals surface area (Å²) in [5.74, 6) is -0.0817. The number of amides is 1. The predicted octanol–water partition coefficient (Wildman–Crippen LogP) is 1.70. The number of hydrogen-bond donors (Lipinski definition) is 1. The van der Waals surface area contributed by atoms with E-state index in [1.54, 1.807) is 30.4 Å². The number of H-pyrrole nitrogens is 1. The van der Waals surface area contributed by atoms with Crippen LogP contribution < -0.4 is 4.90 Å². The van der Waals surface area contributed by atoms with Crippen LogP contribution in [-0.2, 0) is 0 Å². The molecule has 88 valence electrons. The van der Waals surface area contributed by atoms with Gasteiger partial charge in [-0.2, -0.15) is 5.10 Å². The van der Waals surface area contributed by atoms with Crippen molar-refractivity contribution in [3.8, 4) is 0 Å². The minimum Gasteiger partial charge on any atom is -0.310 e. The van der Waals surface area contributed by atoms with E-state index in [4.69, 9.17) is 0 Å². The third-order valence-corrected chi connectivity index (χ3v) is 2.68. The molecule has 0 aliphatic heterocycles. The summed E-state index contributed by atoms with van der Waals surface area (Å²) in [7, 11) is 1.73. The van der Waals surface area contributed by atoms with E-state index in [0.29, 0.717) is 11.3 Å². The fraction of sp³-hybridized carbons (Fsp3) is 0.250. The Kier molecular flexibility index (Phi) is 2.91. The Morgan fingerprint density at radius 2 is 2.18 bits per heavy atom. The number of aromatic amines is 1. The molecule has 0 bridgehead atoms. The van der Waals surface area contributed by atoms with Crippen LogP contribution in [-0.4, -0.2) is 28.1 Å². The second kappa shape index (κ2) is 4.37. The molecule has 0 atom stereocenters. The van der Waals surface area contributed by atoms with Gasteiger partial charge in [0.05, 0.1) is 23.1 Å². The van der Waals surface area contributed by atoms with E-state index < -0.39 is 0 Å². The Balaban J connectivity index is 2.33. The molecule has 5 nitrogen and oxygen atoms in total. The SMILES string of the molecule is Cc1n[nH]c(C)c1C(=O)N(C)c1cccnc1. The van der Waals surface area contributed by atoms with Crippen LogP contribution in [0.2, 0.25) is 0 Å². The van der Waals surface area contributed by atoms with Crippen molar-refractivity contribution in [1.29, 1.82) is 0 Å². The molecule has 0 saturated carbocycles. The number of aryl methyl sites for hydroxylation is 2. The largest absolute Gasteiger partial charge is 0.310 e. The molecular formula is C12H14N4O. The molecule has 5 heteroatoms. The van der Waals surface area contributed by atoms with E-state index in [1.165, 1.54) is 0 Å². The molecule has 0 unspecified atom stereocenters. The standard InChI is InChI=1S/C12H14N4O/c1-8-11(9(2)15-14-8)12(17)16(3)10-5-4-6-13-7-10/h4-7H,1-3H3,(H,14,15). The smallest absolute Gasteiger partial charge is 0.261 e. The van der Waals surface area contributed by atoms with E-state index >= 15 is 0 Å². The first-order valence-corrected chi connectivity index (χ1v) is 5.31. The number of anilines is 1. The highest BCUT2D eigenvalue weighted by Crippen LogP contribution is 2.17. The van der Waals surface area contributed by atoms with Gasteiger partial charge in [-0.05, 0) is 26.0 Å². The molecule has 0 radical (unpaired) electrons. The molecular weight excluding hydrogens is 216 g/mol. The molecule has 2 rings (SSSR count). The summed E-state index contributed by atoms with van der Waals surface area (Å²) in [5.41, 5.74) is 2.88. The van der Waals surface area contributed by atoms with Crippen LogP contribution in [0.3, 0.4) is 0 Å². The van der Waals surface area contributed by atoms with Gasteiger partial charge in [0.2, 0.25) is 0 Å². The molecule has 0 aromatic carbocycles. The van der Waals surface area contributed by atoms with Crippen molar-refractivity contribution in [1.82, 2.24) is 15.2 Å². The number of carbonyl (C=O) groups excluding carboxylic acids is 1. The zero-order chi connectivity index (χ0) is 12.4. The maximum atomic E-state index is 12.3. The average molecular weight is 230 g/mol. The molecule has 0 aliphatic rings. The van der Waals surface area contributed by atoms with E-state index in [9.17, 15) is 4.79 Å². The Labute approximate surface area is 99.5 Å². The van der Waals surface area contributed by atoms with Crippen molar-refractivity contribution in [2.75, 3.05) is 11.9 Å². The summed E-state index contributed by atoms with van der Waals surface area (Å²) in [6.07, 6.45) is 3.33. The zero-order valence-electron chi connectivity index (χ0n) is 10.1. The quantitative estimate of drug-likeness (QED) is 0.854. The van der Waals surface area contributed by atoms with Crippen molar-refractivity contribution in [2.45, 2.75) is 13.8 Å². The first-order chi connectivity index (χ1) is 8.11. The number of nitrogens with one attached hydrogen (secondary N) is 1. The summed E-state index contributed by atoms with van der Waals surface area (Å²) in [6, 6.07) is 3.64. The van der Waals surface area contributed by atoms with Gasteiger partial charge in [-0.3, -0.25) is 14.9 Å². The van der Waals surface area contributed by atoms with Gasteiger partial charge in [-0.1, -0.05) is 0 Å². The van der Waals surface area contributed by atoms with Gasteiger partial charge in [-0.15, -0.1) is 0 Å². The molecule has 1 N–H and O–H groups in total. The van der Waals surface area contributed by atoms with Crippen LogP contribution in [0.5, 0.6) is 0 Å². The lowest BCUT2D eigenvalue weighted by atomic mass is 10.1. The van der Waals surface area contributed by atoms with Crippen molar-refractivity contribution < 1.29 is 4.79 Å². The summed E-state index contributed by atoms with van der Waals surface area (Å²) in [5, 5.41) is 6.84. The molecule has 0 aliphatic carbocycles. The van der Waals surface area contributed by atoms with Crippen LogP contribution in [0.25, 0.3) is 0 Å². The maximum absolute atomic E-state index is 12.3. The number of nitrogens with zero attached hydrogens (tertiary/aromatic N) is 3. The topological polar surface area (TPSA) is 61.9 Å². The van der Waals surface area contributed by atoms with Gasteiger partial charge in [0.1, 0.15) is 0 Å². The fourth-order valence-corrected chi connectivity index (χ4v) is 1.70. The molecule has 17 heavy (non-hydrogen) atoms. The maximum Gasteiger partial charge on any atom is 0.261 e.